The van der Waals surface area contributed by atoms with E-state index in [1.165, 1.54) is 10.5 Å². The molecule has 2 saturated heterocycles. The van der Waals surface area contributed by atoms with E-state index < -0.39 is 0 Å². The lowest BCUT2D eigenvalue weighted by atomic mass is 9.81. The van der Waals surface area contributed by atoms with Crippen LogP contribution in [-0.4, -0.2) is 56.7 Å². The summed E-state index contributed by atoms with van der Waals surface area (Å²) in [5, 5.41) is 0. The zero-order valence-electron chi connectivity index (χ0n) is 16.2. The number of imide groups is 1. The van der Waals surface area contributed by atoms with Crippen LogP contribution in [0.5, 0.6) is 5.75 Å². The molecule has 4 rings (SSSR count). The van der Waals surface area contributed by atoms with Crippen molar-refractivity contribution >= 4 is 11.8 Å². The molecule has 6 heteroatoms. The first kappa shape index (κ1) is 18.4. The third kappa shape index (κ3) is 3.87. The smallest absolute Gasteiger partial charge is 0.237 e. The van der Waals surface area contributed by atoms with E-state index in [1.807, 2.05) is 12.1 Å². The first-order valence-corrected chi connectivity index (χ1v) is 10.3. The highest BCUT2D eigenvalue weighted by Gasteiger charge is 2.49. The van der Waals surface area contributed by atoms with Gasteiger partial charge in [-0.05, 0) is 37.1 Å². The maximum atomic E-state index is 12.7. The van der Waals surface area contributed by atoms with Gasteiger partial charge in [0.1, 0.15) is 38.5 Å². The van der Waals surface area contributed by atoms with Crippen molar-refractivity contribution in [1.82, 2.24) is 4.90 Å². The maximum Gasteiger partial charge on any atom is 0.237 e. The predicted molar refractivity (Wildman–Crippen MR) is 100 cm³/mol. The highest BCUT2D eigenvalue weighted by molar-refractivity contribution is 6.05. The minimum absolute atomic E-state index is 0.0207. The molecule has 2 heterocycles. The summed E-state index contributed by atoms with van der Waals surface area (Å²) in [6.45, 7) is 5.76. The molecule has 2 amide bonds. The normalized spacial score (nSPS) is 31.1. The monoisotopic (exact) mass is 373 g/mol. The second-order valence-electron chi connectivity index (χ2n) is 8.28. The Morgan fingerprint density at radius 1 is 0.926 bits per heavy atom. The summed E-state index contributed by atoms with van der Waals surface area (Å²) in [7, 11) is 1.69. The fraction of sp³-hybridized carbons (Fsp3) is 0.619. The second-order valence-corrected chi connectivity index (χ2v) is 8.28. The number of nitrogens with one attached hydrogen (secondary N) is 2. The average molecular weight is 373 g/mol. The van der Waals surface area contributed by atoms with Crippen LogP contribution in [0.4, 0.5) is 0 Å². The van der Waals surface area contributed by atoms with Crippen molar-refractivity contribution in [3.05, 3.63) is 29.8 Å². The van der Waals surface area contributed by atoms with Crippen molar-refractivity contribution in [1.29, 1.82) is 0 Å². The van der Waals surface area contributed by atoms with Crippen LogP contribution < -0.4 is 14.5 Å². The Morgan fingerprint density at radius 3 is 2.04 bits per heavy atom. The lowest BCUT2D eigenvalue weighted by Crippen LogP contribution is -3.28. The van der Waals surface area contributed by atoms with Gasteiger partial charge >= 0.3 is 0 Å². The van der Waals surface area contributed by atoms with Crippen LogP contribution in [0.25, 0.3) is 0 Å². The molecule has 3 fully saturated rings. The second kappa shape index (κ2) is 7.98. The molecule has 0 aromatic heterocycles. The van der Waals surface area contributed by atoms with Gasteiger partial charge in [-0.2, -0.15) is 0 Å². The molecule has 27 heavy (non-hydrogen) atoms. The fourth-order valence-corrected chi connectivity index (χ4v) is 4.93. The molecule has 0 spiro atoms. The van der Waals surface area contributed by atoms with E-state index in [4.69, 9.17) is 4.74 Å². The molecule has 1 aromatic carbocycles. The number of hydrogen-bond donors (Lipinski definition) is 2. The number of quaternary nitrogens is 2. The first-order valence-electron chi connectivity index (χ1n) is 10.3. The highest BCUT2D eigenvalue weighted by atomic mass is 16.5. The molecular formula is C21H31N3O3+2. The summed E-state index contributed by atoms with van der Waals surface area (Å²) >= 11 is 0. The number of carbonyl (C=O) groups excluding carboxylic acids is 2. The number of rotatable bonds is 5. The van der Waals surface area contributed by atoms with Gasteiger partial charge in [0.2, 0.25) is 11.8 Å². The van der Waals surface area contributed by atoms with Crippen LogP contribution in [0.3, 0.4) is 0 Å². The number of fused-ring (bicyclic) bond motifs is 1. The lowest BCUT2D eigenvalue weighted by molar-refractivity contribution is -1.02. The number of likely N-dealkylation sites (tertiary alicyclic amines) is 1. The summed E-state index contributed by atoms with van der Waals surface area (Å²) in [6.07, 6.45) is 3.99. The average Bonchev–Trinajstić information content (AvgIpc) is 2.95. The Labute approximate surface area is 161 Å². The van der Waals surface area contributed by atoms with Crippen molar-refractivity contribution in [2.45, 2.75) is 32.2 Å². The number of ether oxygens (including phenoxy) is 1. The first-order chi connectivity index (χ1) is 13.2. The molecule has 1 aromatic rings. The van der Waals surface area contributed by atoms with Crippen LogP contribution in [-0.2, 0) is 16.1 Å². The van der Waals surface area contributed by atoms with Crippen molar-refractivity contribution in [2.24, 2.45) is 11.8 Å². The third-order valence-corrected chi connectivity index (χ3v) is 6.59. The Balaban J connectivity index is 1.28. The predicted octanol–water partition coefficient (Wildman–Crippen LogP) is -0.889. The molecule has 2 aliphatic heterocycles. The number of benzene rings is 1. The van der Waals surface area contributed by atoms with Crippen LogP contribution in [0.15, 0.2) is 24.3 Å². The summed E-state index contributed by atoms with van der Waals surface area (Å²) in [5.74, 6) is 1.05. The SMILES string of the molecule is COc1ccc(C[NH+]2CC[NH+](CN3C(=O)[C@@H]4CCCC[C@H]4C3=O)CC2)cc1. The highest BCUT2D eigenvalue weighted by Crippen LogP contribution is 2.37. The summed E-state index contributed by atoms with van der Waals surface area (Å²) in [4.78, 5) is 29.8. The lowest BCUT2D eigenvalue weighted by Gasteiger charge is -2.31. The number of methoxy groups -OCH3 is 1. The number of piperazine rings is 1. The molecule has 2 N–H and O–H groups in total. The quantitative estimate of drug-likeness (QED) is 0.659. The summed E-state index contributed by atoms with van der Waals surface area (Å²) < 4.78 is 5.22. The van der Waals surface area contributed by atoms with E-state index in [1.54, 1.807) is 16.9 Å². The van der Waals surface area contributed by atoms with Crippen molar-refractivity contribution in [3.63, 3.8) is 0 Å². The van der Waals surface area contributed by atoms with E-state index in [0.717, 1.165) is 64.2 Å². The molecule has 2 atom stereocenters. The fourth-order valence-electron chi connectivity index (χ4n) is 4.93. The van der Waals surface area contributed by atoms with E-state index in [-0.39, 0.29) is 23.7 Å². The number of nitrogens with zero attached hydrogens (tertiary/aromatic N) is 1. The van der Waals surface area contributed by atoms with E-state index in [0.29, 0.717) is 6.67 Å². The number of carbonyl (C=O) groups is 2. The Kier molecular flexibility index (Phi) is 5.45. The molecule has 6 nitrogen and oxygen atoms in total. The summed E-state index contributed by atoms with van der Waals surface area (Å²) in [6, 6.07) is 8.30. The van der Waals surface area contributed by atoms with Crippen molar-refractivity contribution in [3.8, 4) is 5.75 Å². The minimum atomic E-state index is -0.0207. The minimum Gasteiger partial charge on any atom is -0.497 e. The third-order valence-electron chi connectivity index (χ3n) is 6.59. The Bertz CT molecular complexity index is 658. The van der Waals surface area contributed by atoms with Crippen LogP contribution in [0.1, 0.15) is 31.2 Å². The number of amides is 2. The molecular weight excluding hydrogens is 342 g/mol. The summed E-state index contributed by atoms with van der Waals surface area (Å²) in [5.41, 5.74) is 1.32. The molecule has 1 saturated carbocycles. The Hall–Kier alpha value is -1.92. The number of hydrogen-bond acceptors (Lipinski definition) is 3. The molecule has 0 radical (unpaired) electrons. The van der Waals surface area contributed by atoms with Gasteiger partial charge in [-0.25, -0.2) is 4.90 Å². The van der Waals surface area contributed by atoms with Crippen LogP contribution in [0.2, 0.25) is 0 Å². The molecule has 0 bridgehead atoms. The van der Waals surface area contributed by atoms with E-state index >= 15 is 0 Å². The zero-order valence-corrected chi connectivity index (χ0v) is 16.2. The van der Waals surface area contributed by atoms with Gasteiger partial charge in [0.25, 0.3) is 0 Å². The van der Waals surface area contributed by atoms with Crippen molar-refractivity contribution in [2.75, 3.05) is 40.0 Å². The van der Waals surface area contributed by atoms with Gasteiger partial charge in [-0.3, -0.25) is 9.59 Å². The van der Waals surface area contributed by atoms with Gasteiger partial charge < -0.3 is 14.5 Å². The van der Waals surface area contributed by atoms with Gasteiger partial charge in [0, 0.05) is 5.56 Å². The Morgan fingerprint density at radius 2 is 1.48 bits per heavy atom. The van der Waals surface area contributed by atoms with Gasteiger partial charge in [0.05, 0.1) is 18.9 Å². The van der Waals surface area contributed by atoms with Gasteiger partial charge in [-0.1, -0.05) is 12.8 Å². The zero-order chi connectivity index (χ0) is 18.8. The molecule has 3 aliphatic rings. The van der Waals surface area contributed by atoms with E-state index in [9.17, 15) is 9.59 Å². The molecule has 0 unspecified atom stereocenters. The van der Waals surface area contributed by atoms with Crippen LogP contribution >= 0.6 is 0 Å². The molecule has 1 aliphatic carbocycles. The maximum absolute atomic E-state index is 12.7. The standard InChI is InChI=1S/C21H29N3O3/c1-27-17-8-6-16(7-9-17)14-22-10-12-23(13-11-22)15-24-20(25)18-4-2-3-5-19(18)21(24)26/h6-9,18-19H,2-5,10-15H2,1H3/p+2/t18-,19-/m1/s1. The largest absolute Gasteiger partial charge is 0.497 e. The topological polar surface area (TPSA) is 55.5 Å². The van der Waals surface area contributed by atoms with Crippen molar-refractivity contribution < 1.29 is 24.1 Å². The van der Waals surface area contributed by atoms with Gasteiger partial charge in [0.15, 0.2) is 6.67 Å². The van der Waals surface area contributed by atoms with Gasteiger partial charge in [-0.15, -0.1) is 0 Å². The van der Waals surface area contributed by atoms with Crippen LogP contribution in [0, 0.1) is 11.8 Å². The van der Waals surface area contributed by atoms with E-state index in [2.05, 4.69) is 12.1 Å². The molecule has 146 valence electrons.